The molecule has 6 heteroatoms. The molecule has 0 unspecified atom stereocenters. The molecule has 0 aromatic heterocycles. The quantitative estimate of drug-likeness (QED) is 0.156. The van der Waals surface area contributed by atoms with E-state index in [4.69, 9.17) is 19.6 Å². The molecule has 0 radical (unpaired) electrons. The van der Waals surface area contributed by atoms with E-state index in [1.54, 1.807) is 43.3 Å². The van der Waals surface area contributed by atoms with Gasteiger partial charge in [0.2, 0.25) is 6.29 Å². The highest BCUT2D eigenvalue weighted by molar-refractivity contribution is 5.91. The Hall–Kier alpha value is -4.26. The summed E-state index contributed by atoms with van der Waals surface area (Å²) in [4.78, 5) is 45.0. The number of carbonyl (C=O) groups is 2. The zero-order chi connectivity index (χ0) is 24.5. The fourth-order valence-corrected chi connectivity index (χ4v) is 3.36. The normalized spacial score (nSPS) is 10.7. The third-order valence-electron chi connectivity index (χ3n) is 5.21. The van der Waals surface area contributed by atoms with Crippen molar-refractivity contribution in [3.63, 3.8) is 0 Å². The summed E-state index contributed by atoms with van der Waals surface area (Å²) < 4.78 is 0. The van der Waals surface area contributed by atoms with Gasteiger partial charge in [-0.05, 0) is 46.5 Å². The van der Waals surface area contributed by atoms with Crippen molar-refractivity contribution in [2.75, 3.05) is 0 Å². The second kappa shape index (κ2) is 11.7. The monoisotopic (exact) mass is 468 g/mol. The van der Waals surface area contributed by atoms with E-state index >= 15 is 0 Å². The van der Waals surface area contributed by atoms with Crippen LogP contribution >= 0.6 is 0 Å². The maximum absolute atomic E-state index is 12.5. The smallest absolute Gasteiger partial charge is 0.290 e. The van der Waals surface area contributed by atoms with Crippen molar-refractivity contribution in [1.29, 1.82) is 0 Å². The lowest BCUT2D eigenvalue weighted by Crippen LogP contribution is -2.21. The average Bonchev–Trinajstić information content (AvgIpc) is 2.94. The van der Waals surface area contributed by atoms with Crippen LogP contribution in [0.25, 0.3) is 22.3 Å². The number of rotatable bonds is 9. The van der Waals surface area contributed by atoms with Crippen molar-refractivity contribution in [2.24, 2.45) is 0 Å². The first-order chi connectivity index (χ1) is 17.1. The molecule has 0 bridgehead atoms. The lowest BCUT2D eigenvalue weighted by Gasteiger charge is -2.14. The summed E-state index contributed by atoms with van der Waals surface area (Å²) >= 11 is 0. The van der Waals surface area contributed by atoms with Gasteiger partial charge in [-0.1, -0.05) is 91.9 Å². The summed E-state index contributed by atoms with van der Waals surface area (Å²) in [5.41, 5.74) is 4.32. The molecule has 4 aromatic rings. The van der Waals surface area contributed by atoms with Crippen LogP contribution in [-0.4, -0.2) is 18.2 Å². The Morgan fingerprint density at radius 1 is 0.571 bits per heavy atom. The van der Waals surface area contributed by atoms with E-state index in [1.807, 2.05) is 72.8 Å². The van der Waals surface area contributed by atoms with Crippen LogP contribution in [0.5, 0.6) is 0 Å². The van der Waals surface area contributed by atoms with E-state index in [9.17, 15) is 9.59 Å². The van der Waals surface area contributed by atoms with Crippen LogP contribution < -0.4 is 0 Å². The Morgan fingerprint density at radius 3 is 1.37 bits per heavy atom. The molecule has 0 aliphatic carbocycles. The molecule has 0 aliphatic heterocycles. The SMILES string of the molecule is CCC(OOC(=O)c1cccc(-c2ccccc2)c1)OOC(=O)c1cccc(-c2ccccc2)c1. The van der Waals surface area contributed by atoms with E-state index in [1.165, 1.54) is 0 Å². The largest absolute Gasteiger partial charge is 0.373 e. The van der Waals surface area contributed by atoms with Gasteiger partial charge in [0.25, 0.3) is 0 Å². The minimum absolute atomic E-state index is 0.272. The second-order valence-electron chi connectivity index (χ2n) is 7.67. The maximum atomic E-state index is 12.5. The van der Waals surface area contributed by atoms with Crippen molar-refractivity contribution >= 4 is 11.9 Å². The topological polar surface area (TPSA) is 71.1 Å². The van der Waals surface area contributed by atoms with E-state index in [0.717, 1.165) is 22.3 Å². The zero-order valence-electron chi connectivity index (χ0n) is 19.1. The second-order valence-corrected chi connectivity index (χ2v) is 7.67. The molecule has 176 valence electrons. The van der Waals surface area contributed by atoms with Crippen LogP contribution in [0.3, 0.4) is 0 Å². The number of benzene rings is 4. The molecule has 35 heavy (non-hydrogen) atoms. The van der Waals surface area contributed by atoms with Gasteiger partial charge in [-0.2, -0.15) is 0 Å². The molecule has 4 aromatic carbocycles. The van der Waals surface area contributed by atoms with Crippen molar-refractivity contribution < 1.29 is 29.1 Å². The molecule has 6 nitrogen and oxygen atoms in total. The van der Waals surface area contributed by atoms with Crippen LogP contribution in [0, 0.1) is 0 Å². The van der Waals surface area contributed by atoms with Crippen LogP contribution in [0.2, 0.25) is 0 Å². The molecule has 0 amide bonds. The molecular weight excluding hydrogens is 444 g/mol. The third kappa shape index (κ3) is 6.41. The van der Waals surface area contributed by atoms with Gasteiger partial charge in [-0.15, -0.1) is 9.78 Å². The molecule has 4 rings (SSSR count). The Bertz CT molecular complexity index is 1170. The number of hydrogen-bond donors (Lipinski definition) is 0. The van der Waals surface area contributed by atoms with Crippen molar-refractivity contribution in [3.8, 4) is 22.3 Å². The van der Waals surface area contributed by atoms with Gasteiger partial charge in [-0.3, -0.25) is 9.78 Å². The molecule has 0 N–H and O–H groups in total. The van der Waals surface area contributed by atoms with Crippen LogP contribution in [0.1, 0.15) is 34.1 Å². The van der Waals surface area contributed by atoms with Gasteiger partial charge < -0.3 is 0 Å². The van der Waals surface area contributed by atoms with Gasteiger partial charge in [0, 0.05) is 6.42 Å². The first-order valence-corrected chi connectivity index (χ1v) is 11.2. The van der Waals surface area contributed by atoms with Gasteiger partial charge in [-0.25, -0.2) is 9.59 Å². The van der Waals surface area contributed by atoms with E-state index in [0.29, 0.717) is 11.1 Å². The summed E-state index contributed by atoms with van der Waals surface area (Å²) in [5.74, 6) is -1.38. The lowest BCUT2D eigenvalue weighted by atomic mass is 10.0. The summed E-state index contributed by atoms with van der Waals surface area (Å²) in [6.45, 7) is 1.73. The fourth-order valence-electron chi connectivity index (χ4n) is 3.36. The van der Waals surface area contributed by atoms with Crippen molar-refractivity contribution in [3.05, 3.63) is 120 Å². The average molecular weight is 469 g/mol. The molecule has 0 saturated heterocycles. The van der Waals surface area contributed by atoms with E-state index < -0.39 is 18.2 Å². The standard InChI is InChI=1S/C29H24O6/c1-2-27(32-34-28(30)25-17-9-15-23(19-25)21-11-5-3-6-12-21)33-35-29(31)26-18-10-16-24(20-26)22-13-7-4-8-14-22/h3-20,27H,2H2,1H3. The first-order valence-electron chi connectivity index (χ1n) is 11.2. The number of hydrogen-bond acceptors (Lipinski definition) is 6. The molecular formula is C29H24O6. The fraction of sp³-hybridized carbons (Fsp3) is 0.103. The summed E-state index contributed by atoms with van der Waals surface area (Å²) in [6.07, 6.45) is -0.813. The predicted molar refractivity (Wildman–Crippen MR) is 131 cm³/mol. The van der Waals surface area contributed by atoms with Crippen molar-refractivity contribution in [1.82, 2.24) is 0 Å². The molecule has 0 fully saturated rings. The van der Waals surface area contributed by atoms with Crippen LogP contribution in [0.15, 0.2) is 109 Å². The maximum Gasteiger partial charge on any atom is 0.373 e. The first kappa shape index (κ1) is 23.9. The highest BCUT2D eigenvalue weighted by Crippen LogP contribution is 2.22. The van der Waals surface area contributed by atoms with Crippen LogP contribution in [-0.2, 0) is 19.6 Å². The van der Waals surface area contributed by atoms with E-state index in [2.05, 4.69) is 0 Å². The van der Waals surface area contributed by atoms with Gasteiger partial charge in [0.15, 0.2) is 0 Å². The lowest BCUT2D eigenvalue weighted by molar-refractivity contribution is -0.420. The minimum atomic E-state index is -1.09. The third-order valence-corrected chi connectivity index (χ3v) is 5.21. The van der Waals surface area contributed by atoms with Crippen LogP contribution in [0.4, 0.5) is 0 Å². The highest BCUT2D eigenvalue weighted by atomic mass is 17.3. The molecule has 0 spiro atoms. The minimum Gasteiger partial charge on any atom is -0.290 e. The Labute approximate surface area is 203 Å². The van der Waals surface area contributed by atoms with Gasteiger partial charge in [0.05, 0.1) is 11.1 Å². The molecule has 0 atom stereocenters. The van der Waals surface area contributed by atoms with E-state index in [-0.39, 0.29) is 6.42 Å². The summed E-state index contributed by atoms with van der Waals surface area (Å²) in [7, 11) is 0. The van der Waals surface area contributed by atoms with Crippen molar-refractivity contribution in [2.45, 2.75) is 19.6 Å². The Kier molecular flexibility index (Phi) is 8.01. The Balaban J connectivity index is 1.32. The zero-order valence-corrected chi connectivity index (χ0v) is 19.1. The summed E-state index contributed by atoms with van der Waals surface area (Å²) in [6, 6.07) is 33.3. The van der Waals surface area contributed by atoms with Gasteiger partial charge >= 0.3 is 11.9 Å². The highest BCUT2D eigenvalue weighted by Gasteiger charge is 2.18. The molecule has 0 aliphatic rings. The molecule has 0 heterocycles. The Morgan fingerprint density at radius 2 is 0.971 bits per heavy atom. The predicted octanol–water partition coefficient (Wildman–Crippen LogP) is 6.63. The molecule has 0 saturated carbocycles. The number of carbonyl (C=O) groups excluding carboxylic acids is 2. The summed E-state index contributed by atoms with van der Waals surface area (Å²) in [5, 5.41) is 0. The van der Waals surface area contributed by atoms with Gasteiger partial charge in [0.1, 0.15) is 0 Å².